The highest BCUT2D eigenvalue weighted by atomic mass is 16.5. The van der Waals surface area contributed by atoms with Gasteiger partial charge in [0.1, 0.15) is 0 Å². The van der Waals surface area contributed by atoms with E-state index in [2.05, 4.69) is 17.2 Å². The van der Waals surface area contributed by atoms with Gasteiger partial charge in [0.05, 0.1) is 12.8 Å². The monoisotopic (exact) mass is 221 g/mol. The number of nitrogen functional groups attached to an aromatic ring is 1. The molecule has 0 bridgehead atoms. The lowest BCUT2D eigenvalue weighted by molar-refractivity contribution is 0.398. The van der Waals surface area contributed by atoms with Crippen LogP contribution < -0.4 is 15.8 Å². The molecule has 16 heavy (non-hydrogen) atoms. The molecule has 1 aliphatic carbocycles. The molecule has 88 valence electrons. The fourth-order valence-electron chi connectivity index (χ4n) is 1.83. The standard InChI is InChI=1S/C12H19N3O/c1-8(7-9-3-4-9)14-12-10(13)5-6-11(15-12)16-2/h5-6,8-9H,3-4,7,13H2,1-2H3,(H,14,15). The van der Waals surface area contributed by atoms with Gasteiger partial charge in [-0.05, 0) is 25.3 Å². The first-order valence-corrected chi connectivity index (χ1v) is 5.76. The van der Waals surface area contributed by atoms with Gasteiger partial charge in [-0.1, -0.05) is 12.8 Å². The predicted octanol–water partition coefficient (Wildman–Crippen LogP) is 2.27. The Kier molecular flexibility index (Phi) is 3.17. The van der Waals surface area contributed by atoms with Gasteiger partial charge < -0.3 is 15.8 Å². The van der Waals surface area contributed by atoms with Crippen LogP contribution in [0.2, 0.25) is 0 Å². The van der Waals surface area contributed by atoms with E-state index < -0.39 is 0 Å². The highest BCUT2D eigenvalue weighted by Gasteiger charge is 2.23. The number of ether oxygens (including phenoxy) is 1. The number of anilines is 2. The number of rotatable bonds is 5. The van der Waals surface area contributed by atoms with Crippen molar-refractivity contribution in [2.75, 3.05) is 18.2 Å². The molecule has 3 N–H and O–H groups in total. The zero-order valence-electron chi connectivity index (χ0n) is 9.86. The molecule has 0 aromatic carbocycles. The second-order valence-electron chi connectivity index (χ2n) is 4.52. The number of hydrogen-bond donors (Lipinski definition) is 2. The number of pyridine rings is 1. The molecule has 4 heteroatoms. The van der Waals surface area contributed by atoms with Crippen LogP contribution in [0.4, 0.5) is 11.5 Å². The molecule has 1 aromatic heterocycles. The van der Waals surface area contributed by atoms with Crippen molar-refractivity contribution in [1.29, 1.82) is 0 Å². The molecular weight excluding hydrogens is 202 g/mol. The molecule has 1 aromatic rings. The Hall–Kier alpha value is -1.45. The molecule has 0 saturated heterocycles. The number of nitrogens with one attached hydrogen (secondary N) is 1. The fraction of sp³-hybridized carbons (Fsp3) is 0.583. The Morgan fingerprint density at radius 3 is 2.94 bits per heavy atom. The number of nitrogens with zero attached hydrogens (tertiary/aromatic N) is 1. The van der Waals surface area contributed by atoms with E-state index >= 15 is 0 Å². The third-order valence-corrected chi connectivity index (χ3v) is 2.88. The van der Waals surface area contributed by atoms with E-state index in [9.17, 15) is 0 Å². The smallest absolute Gasteiger partial charge is 0.215 e. The van der Waals surface area contributed by atoms with Gasteiger partial charge in [0.25, 0.3) is 0 Å². The fourth-order valence-corrected chi connectivity index (χ4v) is 1.83. The average Bonchev–Trinajstić information content (AvgIpc) is 3.05. The lowest BCUT2D eigenvalue weighted by atomic mass is 10.1. The quantitative estimate of drug-likeness (QED) is 0.800. The van der Waals surface area contributed by atoms with Crippen LogP contribution in [0, 0.1) is 5.92 Å². The zero-order chi connectivity index (χ0) is 11.5. The first-order chi connectivity index (χ1) is 7.69. The lowest BCUT2D eigenvalue weighted by Gasteiger charge is -2.16. The number of methoxy groups -OCH3 is 1. The van der Waals surface area contributed by atoms with Crippen LogP contribution >= 0.6 is 0 Å². The van der Waals surface area contributed by atoms with Gasteiger partial charge in [-0.2, -0.15) is 4.98 Å². The molecule has 1 fully saturated rings. The van der Waals surface area contributed by atoms with Gasteiger partial charge in [-0.25, -0.2) is 0 Å². The summed E-state index contributed by atoms with van der Waals surface area (Å²) in [6.07, 6.45) is 3.93. The van der Waals surface area contributed by atoms with Gasteiger partial charge >= 0.3 is 0 Å². The summed E-state index contributed by atoms with van der Waals surface area (Å²) in [5, 5.41) is 3.34. The Labute approximate surface area is 96.2 Å². The third-order valence-electron chi connectivity index (χ3n) is 2.88. The summed E-state index contributed by atoms with van der Waals surface area (Å²) < 4.78 is 5.08. The number of nitrogens with two attached hydrogens (primary N) is 1. The van der Waals surface area contributed by atoms with Crippen molar-refractivity contribution >= 4 is 11.5 Å². The van der Waals surface area contributed by atoms with Crippen molar-refractivity contribution in [3.63, 3.8) is 0 Å². The summed E-state index contributed by atoms with van der Waals surface area (Å²) in [7, 11) is 1.61. The molecule has 4 nitrogen and oxygen atoms in total. The minimum atomic E-state index is 0.411. The molecule has 0 radical (unpaired) electrons. The van der Waals surface area contributed by atoms with Gasteiger partial charge in [0.15, 0.2) is 5.82 Å². The van der Waals surface area contributed by atoms with Crippen LogP contribution in [-0.4, -0.2) is 18.1 Å². The summed E-state index contributed by atoms with van der Waals surface area (Å²) in [5.74, 6) is 2.22. The SMILES string of the molecule is COc1ccc(N)c(NC(C)CC2CC2)n1. The van der Waals surface area contributed by atoms with E-state index in [-0.39, 0.29) is 0 Å². The number of hydrogen-bond acceptors (Lipinski definition) is 4. The van der Waals surface area contributed by atoms with E-state index in [1.807, 2.05) is 6.07 Å². The molecule has 1 unspecified atom stereocenters. The molecule has 0 amide bonds. The molecule has 1 saturated carbocycles. The Balaban J connectivity index is 2.00. The van der Waals surface area contributed by atoms with Crippen LogP contribution in [-0.2, 0) is 0 Å². The van der Waals surface area contributed by atoms with Gasteiger partial charge in [0, 0.05) is 12.1 Å². The van der Waals surface area contributed by atoms with Gasteiger partial charge in [-0.3, -0.25) is 0 Å². The van der Waals surface area contributed by atoms with Crippen molar-refractivity contribution < 1.29 is 4.74 Å². The molecule has 2 rings (SSSR count). The zero-order valence-corrected chi connectivity index (χ0v) is 9.86. The summed E-state index contributed by atoms with van der Waals surface area (Å²) in [6.45, 7) is 2.17. The van der Waals surface area contributed by atoms with Crippen LogP contribution in [0.1, 0.15) is 26.2 Å². The summed E-state index contributed by atoms with van der Waals surface area (Å²) in [4.78, 5) is 4.30. The Morgan fingerprint density at radius 1 is 1.56 bits per heavy atom. The maximum absolute atomic E-state index is 5.86. The van der Waals surface area contributed by atoms with Crippen molar-refractivity contribution in [2.24, 2.45) is 5.92 Å². The predicted molar refractivity (Wildman–Crippen MR) is 65.6 cm³/mol. The molecule has 0 spiro atoms. The third kappa shape index (κ3) is 2.78. The van der Waals surface area contributed by atoms with E-state index in [4.69, 9.17) is 10.5 Å². The topological polar surface area (TPSA) is 60.2 Å². The second kappa shape index (κ2) is 4.60. The van der Waals surface area contributed by atoms with E-state index in [1.54, 1.807) is 13.2 Å². The first-order valence-electron chi connectivity index (χ1n) is 5.76. The van der Waals surface area contributed by atoms with Crippen molar-refractivity contribution in [3.05, 3.63) is 12.1 Å². The highest BCUT2D eigenvalue weighted by Crippen LogP contribution is 2.34. The lowest BCUT2D eigenvalue weighted by Crippen LogP contribution is -2.17. The Morgan fingerprint density at radius 2 is 2.31 bits per heavy atom. The minimum absolute atomic E-state index is 0.411. The molecule has 1 heterocycles. The van der Waals surface area contributed by atoms with Crippen molar-refractivity contribution in [3.8, 4) is 5.88 Å². The van der Waals surface area contributed by atoms with Gasteiger partial charge in [0.2, 0.25) is 5.88 Å². The van der Waals surface area contributed by atoms with Crippen molar-refractivity contribution in [1.82, 2.24) is 4.98 Å². The van der Waals surface area contributed by atoms with Crippen LogP contribution in [0.15, 0.2) is 12.1 Å². The van der Waals surface area contributed by atoms with E-state index in [0.29, 0.717) is 17.6 Å². The maximum atomic E-state index is 5.86. The summed E-state index contributed by atoms with van der Waals surface area (Å²) >= 11 is 0. The van der Waals surface area contributed by atoms with Crippen molar-refractivity contribution in [2.45, 2.75) is 32.2 Å². The highest BCUT2D eigenvalue weighted by molar-refractivity contribution is 5.62. The maximum Gasteiger partial charge on any atom is 0.215 e. The molecular formula is C12H19N3O. The Bertz CT molecular complexity index is 363. The average molecular weight is 221 g/mol. The van der Waals surface area contributed by atoms with Crippen LogP contribution in [0.5, 0.6) is 5.88 Å². The summed E-state index contributed by atoms with van der Waals surface area (Å²) in [6, 6.07) is 4.00. The van der Waals surface area contributed by atoms with Gasteiger partial charge in [-0.15, -0.1) is 0 Å². The van der Waals surface area contributed by atoms with Crippen LogP contribution in [0.25, 0.3) is 0 Å². The first kappa shape index (κ1) is 11.0. The largest absolute Gasteiger partial charge is 0.481 e. The number of aromatic nitrogens is 1. The molecule has 1 aliphatic rings. The minimum Gasteiger partial charge on any atom is -0.481 e. The molecule has 0 aliphatic heterocycles. The normalized spacial score (nSPS) is 16.9. The second-order valence-corrected chi connectivity index (χ2v) is 4.52. The summed E-state index contributed by atoms with van der Waals surface area (Å²) in [5.41, 5.74) is 6.53. The van der Waals surface area contributed by atoms with E-state index in [1.165, 1.54) is 19.3 Å². The van der Waals surface area contributed by atoms with E-state index in [0.717, 1.165) is 11.7 Å². The molecule has 1 atom stereocenters. The van der Waals surface area contributed by atoms with Crippen LogP contribution in [0.3, 0.4) is 0 Å².